The lowest BCUT2D eigenvalue weighted by molar-refractivity contribution is 0.399. The van der Waals surface area contributed by atoms with E-state index in [0.29, 0.717) is 101 Å². The fraction of sp³-hybridized carbons (Fsp3) is 0.455. The van der Waals surface area contributed by atoms with E-state index in [1.165, 1.54) is 5.56 Å². The van der Waals surface area contributed by atoms with Crippen molar-refractivity contribution in [1.29, 1.82) is 0 Å². The molecule has 10 N–H and O–H groups in total. The molecule has 10 nitrogen and oxygen atoms in total. The van der Waals surface area contributed by atoms with Crippen LogP contribution in [0.5, 0.6) is 51.7 Å². The van der Waals surface area contributed by atoms with E-state index in [1.807, 2.05) is 12.1 Å². The van der Waals surface area contributed by atoms with Crippen molar-refractivity contribution in [2.45, 2.75) is 287 Å². The summed E-state index contributed by atoms with van der Waals surface area (Å²) in [5.41, 5.74) is 20.4. The van der Waals surface area contributed by atoms with Crippen molar-refractivity contribution < 1.29 is 51.1 Å². The Morgan fingerprint density at radius 2 is 0.284 bits per heavy atom. The zero-order valence-electron chi connectivity index (χ0n) is 69.2. The van der Waals surface area contributed by atoms with Gasteiger partial charge in [-0.25, -0.2) is 0 Å². The van der Waals surface area contributed by atoms with Crippen molar-refractivity contribution in [2.75, 3.05) is 7.11 Å². The molecule has 9 atom stereocenters. The SMILES string of the molecule is CCC(C)c1cc2c(O)c(c1)Cc1cc(C(C)CC)cc(c1O)Cc1cc(C(C)CC)cc(c1O)Cc1cc(C(C)CC)cc(c1O)Cc1cc(C(C)CC)cc(c1O)Cc1cc(C(C)CC)cc(c1O)Cc1cc(C(C)CC)cc(c1O)Cc1cc(C(C)CC)cc(c1O)C2.CCC(C)c1ccc(O)cc1.CO. The predicted molar refractivity (Wildman–Crippen MR) is 452 cm³/mol. The minimum atomic E-state index is 0.110. The monoisotopic (exact) mass is 1480 g/mol. The summed E-state index contributed by atoms with van der Waals surface area (Å²) in [4.78, 5) is 0. The fourth-order valence-electron chi connectivity index (χ4n) is 15.3. The zero-order valence-corrected chi connectivity index (χ0v) is 69.2. The van der Waals surface area contributed by atoms with Crippen LogP contribution in [-0.2, 0) is 51.4 Å². The van der Waals surface area contributed by atoms with Crippen molar-refractivity contribution >= 4 is 0 Å². The highest BCUT2D eigenvalue weighted by Crippen LogP contribution is 2.46. The van der Waals surface area contributed by atoms with Crippen LogP contribution < -0.4 is 0 Å². The second-order valence-corrected chi connectivity index (χ2v) is 32.3. The predicted octanol–water partition coefficient (Wildman–Crippen LogP) is 25.0. The Hall–Kier alpha value is -8.86. The maximum atomic E-state index is 12.8. The third kappa shape index (κ3) is 20.2. The minimum absolute atomic E-state index is 0.110. The van der Waals surface area contributed by atoms with Gasteiger partial charge in [0.25, 0.3) is 0 Å². The highest BCUT2D eigenvalue weighted by atomic mass is 16.3. The van der Waals surface area contributed by atoms with E-state index in [-0.39, 0.29) is 145 Å². The second kappa shape index (κ2) is 38.7. The van der Waals surface area contributed by atoms with E-state index in [1.54, 1.807) is 12.1 Å². The molecule has 16 bridgehead atoms. The number of phenols is 9. The molecule has 0 fully saturated rings. The van der Waals surface area contributed by atoms with Crippen LogP contribution in [0.25, 0.3) is 0 Å². The molecule has 0 spiro atoms. The molecular formula is C99H130O10. The first-order valence-electron chi connectivity index (χ1n) is 41.0. The van der Waals surface area contributed by atoms with Crippen LogP contribution in [0.1, 0.15) is 375 Å². The summed E-state index contributed by atoms with van der Waals surface area (Å²) >= 11 is 0. The molecule has 109 heavy (non-hydrogen) atoms. The summed E-state index contributed by atoms with van der Waals surface area (Å²) in [6.07, 6.45) is 9.82. The molecule has 1 aliphatic carbocycles. The lowest BCUT2D eigenvalue weighted by Crippen LogP contribution is -2.06. The van der Waals surface area contributed by atoms with Gasteiger partial charge in [0.05, 0.1) is 0 Å². The molecule has 9 unspecified atom stereocenters. The van der Waals surface area contributed by atoms with Gasteiger partial charge in [-0.1, -0.05) is 234 Å². The first-order chi connectivity index (χ1) is 52.0. The number of fused-ring (bicyclic) bond motifs is 16. The smallest absolute Gasteiger partial charge is 0.122 e. The van der Waals surface area contributed by atoms with Gasteiger partial charge in [-0.2, -0.15) is 0 Å². The Labute approximate surface area is 653 Å². The van der Waals surface area contributed by atoms with Crippen molar-refractivity contribution in [3.05, 3.63) is 260 Å². The van der Waals surface area contributed by atoms with Gasteiger partial charge in [0.2, 0.25) is 0 Å². The lowest BCUT2D eigenvalue weighted by atomic mass is 9.84. The number of hydrogen-bond donors (Lipinski definition) is 10. The van der Waals surface area contributed by atoms with Crippen LogP contribution in [0.2, 0.25) is 0 Å². The summed E-state index contributed by atoms with van der Waals surface area (Å²) in [6, 6.07) is 40.7. The number of benzene rings is 9. The quantitative estimate of drug-likeness (QED) is 0.0394. The zero-order chi connectivity index (χ0) is 80.0. The van der Waals surface area contributed by atoms with Gasteiger partial charge >= 0.3 is 0 Å². The Balaban J connectivity index is 0.00000105. The maximum absolute atomic E-state index is 12.8. The van der Waals surface area contributed by atoms with E-state index < -0.39 is 0 Å². The molecule has 586 valence electrons. The number of aliphatic hydroxyl groups is 1. The third-order valence-electron chi connectivity index (χ3n) is 24.9. The number of rotatable bonds is 18. The van der Waals surface area contributed by atoms with E-state index in [2.05, 4.69) is 222 Å². The minimum Gasteiger partial charge on any atom is -0.508 e. The molecule has 0 amide bonds. The van der Waals surface area contributed by atoms with Crippen LogP contribution in [0, 0.1) is 0 Å². The maximum Gasteiger partial charge on any atom is 0.122 e. The van der Waals surface area contributed by atoms with Crippen molar-refractivity contribution in [1.82, 2.24) is 0 Å². The van der Waals surface area contributed by atoms with Gasteiger partial charge in [0, 0.05) is 58.5 Å². The highest BCUT2D eigenvalue weighted by Gasteiger charge is 2.28. The normalized spacial score (nSPS) is 15.0. The Morgan fingerprint density at radius 3 is 0.385 bits per heavy atom. The van der Waals surface area contributed by atoms with Gasteiger partial charge in [0.15, 0.2) is 0 Å². The standard InChI is InChI=1S/C88H112O8.C10H14O.CH4O/c1-17-49(9)57-25-65-41-67-27-58(50(10)18-2)29-69(82(67)90)43-71-31-60(52(12)20-4)33-73(84(71)92)45-75-35-62(54(14)22-6)37-77(86(75)94)47-79-39-64(56(16)24-8)40-80(88(79)96)48-78-38-63(55(15)23-7)36-76(87(78)95)46-74-34-61(53(13)21-5)32-72(85(74)93)44-70-30-59(51(11)19-3)28-68(83(70)91)42-66(26-57)81(65)89;1-3-8(2)9-4-6-10(11)7-5-9;1-2/h25-40,49-56,89-96H,17-24,41-48H2,1-16H3;4-8,11H,3H2,1-2H3;2H,1H3. The Morgan fingerprint density at radius 1 is 0.183 bits per heavy atom. The van der Waals surface area contributed by atoms with Gasteiger partial charge < -0.3 is 51.1 Å². The topological polar surface area (TPSA) is 202 Å². The lowest BCUT2D eigenvalue weighted by Gasteiger charge is -2.22. The van der Waals surface area contributed by atoms with Crippen molar-refractivity contribution in [3.63, 3.8) is 0 Å². The highest BCUT2D eigenvalue weighted by molar-refractivity contribution is 5.61. The number of aromatic hydroxyl groups is 9. The third-order valence-corrected chi connectivity index (χ3v) is 24.9. The van der Waals surface area contributed by atoms with E-state index in [9.17, 15) is 40.9 Å². The van der Waals surface area contributed by atoms with Crippen LogP contribution >= 0.6 is 0 Å². The summed E-state index contributed by atoms with van der Waals surface area (Å²) in [6.45, 7) is 39.2. The number of aliphatic hydroxyl groups excluding tert-OH is 1. The van der Waals surface area contributed by atoms with Gasteiger partial charge in [-0.3, -0.25) is 0 Å². The number of hydrogen-bond acceptors (Lipinski definition) is 10. The molecule has 0 saturated heterocycles. The van der Waals surface area contributed by atoms with Gasteiger partial charge in [0.1, 0.15) is 51.7 Å². The molecule has 9 aromatic carbocycles. The molecule has 10 rings (SSSR count). The van der Waals surface area contributed by atoms with Crippen molar-refractivity contribution in [3.8, 4) is 51.7 Å². The van der Waals surface area contributed by atoms with Gasteiger partial charge in [-0.05, 0) is 262 Å². The first kappa shape index (κ1) is 85.7. The molecule has 1 aliphatic rings. The largest absolute Gasteiger partial charge is 0.508 e. The molecule has 0 heterocycles. The van der Waals surface area contributed by atoms with Crippen molar-refractivity contribution in [2.24, 2.45) is 0 Å². The van der Waals surface area contributed by atoms with Crippen LogP contribution in [-0.4, -0.2) is 58.2 Å². The molecule has 10 heteroatoms. The van der Waals surface area contributed by atoms with Crippen LogP contribution in [0.15, 0.2) is 121 Å². The fourth-order valence-corrected chi connectivity index (χ4v) is 15.3. The Bertz CT molecular complexity index is 3590. The second-order valence-electron chi connectivity index (χ2n) is 32.3. The summed E-state index contributed by atoms with van der Waals surface area (Å²) < 4.78 is 0. The summed E-state index contributed by atoms with van der Waals surface area (Å²) in [7, 11) is 1.00. The summed E-state index contributed by atoms with van der Waals surface area (Å²) in [5.74, 6) is 2.89. The van der Waals surface area contributed by atoms with E-state index >= 15 is 0 Å². The molecule has 0 aliphatic heterocycles. The molecule has 0 aromatic heterocycles. The Kier molecular flexibility index (Phi) is 30.4. The van der Waals surface area contributed by atoms with E-state index in [0.717, 1.165) is 109 Å². The molecule has 9 aromatic rings. The first-order valence-corrected chi connectivity index (χ1v) is 41.0. The number of phenolic OH excluding ortho intramolecular Hbond substituents is 9. The van der Waals surface area contributed by atoms with E-state index in [4.69, 9.17) is 10.2 Å². The average molecular weight is 1480 g/mol. The summed E-state index contributed by atoms with van der Waals surface area (Å²) in [5, 5.41) is 118. The van der Waals surface area contributed by atoms with Crippen LogP contribution in [0.4, 0.5) is 0 Å². The molecule has 0 radical (unpaired) electrons. The average Bonchev–Trinajstić information content (AvgIpc) is 0.786. The van der Waals surface area contributed by atoms with Gasteiger partial charge in [-0.15, -0.1) is 0 Å². The van der Waals surface area contributed by atoms with Crippen LogP contribution in [0.3, 0.4) is 0 Å². The molecular weight excluding hydrogens is 1350 g/mol. The molecule has 0 saturated carbocycles.